The summed E-state index contributed by atoms with van der Waals surface area (Å²) in [4.78, 5) is 21.9. The zero-order valence-corrected chi connectivity index (χ0v) is 10.9. The summed E-state index contributed by atoms with van der Waals surface area (Å²) >= 11 is 0. The number of carbonyl (C=O) groups is 2. The Balaban J connectivity index is 3.10. The van der Waals surface area contributed by atoms with Crippen molar-refractivity contribution in [3.63, 3.8) is 0 Å². The highest BCUT2D eigenvalue weighted by atomic mass is 32.2. The molecule has 1 rings (SSSR count). The Kier molecular flexibility index (Phi) is 4.33. The van der Waals surface area contributed by atoms with E-state index in [1.165, 1.54) is 25.1 Å². The Morgan fingerprint density at radius 3 is 2.47 bits per heavy atom. The fourth-order valence-electron chi connectivity index (χ4n) is 1.36. The van der Waals surface area contributed by atoms with Gasteiger partial charge in [-0.3, -0.25) is 4.72 Å². The van der Waals surface area contributed by atoms with Crippen LogP contribution in [0.2, 0.25) is 0 Å². The normalized spacial score (nSPS) is 10.6. The number of rotatable bonds is 4. The Bertz CT molecular complexity index is 610. The van der Waals surface area contributed by atoms with Crippen molar-refractivity contribution in [1.29, 1.82) is 0 Å². The molecule has 1 aromatic carbocycles. The number of carboxylic acid groups (broad SMARTS) is 1. The van der Waals surface area contributed by atoms with E-state index in [1.807, 2.05) is 4.72 Å². The minimum absolute atomic E-state index is 0.149. The topological polar surface area (TPSA) is 122 Å². The highest BCUT2D eigenvalue weighted by Crippen LogP contribution is 2.20. The summed E-state index contributed by atoms with van der Waals surface area (Å²) in [5.41, 5.74) is 0.0346. The molecule has 9 heteroatoms. The first-order valence-corrected chi connectivity index (χ1v) is 6.46. The monoisotopic (exact) mass is 288 g/mol. The number of anilines is 1. The second kappa shape index (κ2) is 5.57. The molecule has 0 bridgehead atoms. The summed E-state index contributed by atoms with van der Waals surface area (Å²) in [6.07, 6.45) is -1.18. The number of hydrogen-bond donors (Lipinski definition) is 3. The lowest BCUT2D eigenvalue weighted by atomic mass is 10.1. The third-order valence-corrected chi connectivity index (χ3v) is 3.06. The molecule has 0 aromatic heterocycles. The van der Waals surface area contributed by atoms with E-state index in [1.54, 1.807) is 4.72 Å². The van der Waals surface area contributed by atoms with Crippen molar-refractivity contribution in [2.75, 3.05) is 11.8 Å². The van der Waals surface area contributed by atoms with Crippen molar-refractivity contribution in [1.82, 2.24) is 4.72 Å². The lowest BCUT2D eigenvalue weighted by molar-refractivity contribution is 0.0697. The molecule has 0 saturated carbocycles. The van der Waals surface area contributed by atoms with Crippen molar-refractivity contribution in [2.45, 2.75) is 6.92 Å². The van der Waals surface area contributed by atoms with Crippen LogP contribution in [0, 0.1) is 6.92 Å². The molecule has 1 amide bonds. The van der Waals surface area contributed by atoms with Gasteiger partial charge >= 0.3 is 22.3 Å². The summed E-state index contributed by atoms with van der Waals surface area (Å²) in [5.74, 6) is -1.28. The maximum atomic E-state index is 11.5. The molecule has 0 atom stereocenters. The fraction of sp³-hybridized carbons (Fsp3) is 0.200. The van der Waals surface area contributed by atoms with Crippen LogP contribution in [-0.4, -0.2) is 32.7 Å². The quantitative estimate of drug-likeness (QED) is 0.750. The summed E-state index contributed by atoms with van der Waals surface area (Å²) < 4.78 is 30.7. The summed E-state index contributed by atoms with van der Waals surface area (Å²) in [7, 11) is -3.26. The van der Waals surface area contributed by atoms with Crippen LogP contribution in [0.5, 0.6) is 0 Å². The van der Waals surface area contributed by atoms with Crippen molar-refractivity contribution in [3.8, 4) is 0 Å². The van der Waals surface area contributed by atoms with E-state index >= 15 is 0 Å². The van der Waals surface area contributed by atoms with Crippen LogP contribution in [0.15, 0.2) is 18.2 Å². The SMILES string of the molecule is COC(=O)NS(=O)(=O)Nc1cccc(C)c1C(=O)O. The molecular weight excluding hydrogens is 276 g/mol. The Morgan fingerprint density at radius 1 is 1.32 bits per heavy atom. The first-order chi connectivity index (χ1) is 8.76. The van der Waals surface area contributed by atoms with E-state index < -0.39 is 22.3 Å². The van der Waals surface area contributed by atoms with Crippen LogP contribution < -0.4 is 9.44 Å². The molecule has 0 aliphatic carbocycles. The molecular formula is C10H12N2O6S. The van der Waals surface area contributed by atoms with Gasteiger partial charge in [-0.05, 0) is 18.6 Å². The number of aromatic carboxylic acids is 1. The molecule has 0 saturated heterocycles. The predicted octanol–water partition coefficient (Wildman–Crippen LogP) is 0.706. The Hall–Kier alpha value is -2.29. The predicted molar refractivity (Wildman–Crippen MR) is 66.2 cm³/mol. The number of benzene rings is 1. The van der Waals surface area contributed by atoms with Crippen LogP contribution in [0.4, 0.5) is 10.5 Å². The maximum absolute atomic E-state index is 11.5. The first-order valence-electron chi connectivity index (χ1n) is 4.98. The molecule has 0 unspecified atom stereocenters. The zero-order valence-electron chi connectivity index (χ0n) is 10.1. The molecule has 0 radical (unpaired) electrons. The minimum Gasteiger partial charge on any atom is -0.478 e. The van der Waals surface area contributed by atoms with Gasteiger partial charge in [-0.2, -0.15) is 8.42 Å². The van der Waals surface area contributed by atoms with Gasteiger partial charge in [0.15, 0.2) is 0 Å². The van der Waals surface area contributed by atoms with E-state index in [9.17, 15) is 18.0 Å². The molecule has 1 aromatic rings. The van der Waals surface area contributed by atoms with Gasteiger partial charge in [-0.15, -0.1) is 0 Å². The third-order valence-electron chi connectivity index (χ3n) is 2.13. The van der Waals surface area contributed by atoms with Crippen molar-refractivity contribution < 1.29 is 27.9 Å². The van der Waals surface area contributed by atoms with Gasteiger partial charge in [-0.25, -0.2) is 14.3 Å². The maximum Gasteiger partial charge on any atom is 0.422 e. The van der Waals surface area contributed by atoms with Gasteiger partial charge in [0.25, 0.3) is 0 Å². The summed E-state index contributed by atoms with van der Waals surface area (Å²) in [5, 5.41) is 9.02. The molecule has 0 aliphatic rings. The smallest absolute Gasteiger partial charge is 0.422 e. The molecule has 0 fully saturated rings. The number of carbonyl (C=O) groups excluding carboxylic acids is 1. The van der Waals surface area contributed by atoms with Gasteiger partial charge in [0, 0.05) is 0 Å². The van der Waals surface area contributed by atoms with E-state index in [4.69, 9.17) is 5.11 Å². The van der Waals surface area contributed by atoms with E-state index in [0.29, 0.717) is 5.56 Å². The molecule has 0 spiro atoms. The van der Waals surface area contributed by atoms with Crippen LogP contribution in [0.25, 0.3) is 0 Å². The van der Waals surface area contributed by atoms with E-state index in [2.05, 4.69) is 4.74 Å². The number of ether oxygens (including phenoxy) is 1. The van der Waals surface area contributed by atoms with Crippen LogP contribution in [-0.2, 0) is 14.9 Å². The molecule has 0 heterocycles. The summed E-state index contributed by atoms with van der Waals surface area (Å²) in [6.45, 7) is 1.52. The summed E-state index contributed by atoms with van der Waals surface area (Å²) in [6, 6.07) is 4.28. The van der Waals surface area contributed by atoms with Gasteiger partial charge in [-0.1, -0.05) is 12.1 Å². The van der Waals surface area contributed by atoms with E-state index in [0.717, 1.165) is 7.11 Å². The average Bonchev–Trinajstić information content (AvgIpc) is 2.26. The van der Waals surface area contributed by atoms with Gasteiger partial charge in [0.05, 0.1) is 18.4 Å². The minimum atomic E-state index is -4.26. The highest BCUT2D eigenvalue weighted by Gasteiger charge is 2.19. The van der Waals surface area contributed by atoms with Crippen LogP contribution in [0.1, 0.15) is 15.9 Å². The number of aryl methyl sites for hydroxylation is 1. The lowest BCUT2D eigenvalue weighted by Gasteiger charge is -2.12. The van der Waals surface area contributed by atoms with Gasteiger partial charge in [0.1, 0.15) is 0 Å². The zero-order chi connectivity index (χ0) is 14.6. The first kappa shape index (κ1) is 14.8. The van der Waals surface area contributed by atoms with Gasteiger partial charge in [0.2, 0.25) is 0 Å². The van der Waals surface area contributed by atoms with Crippen molar-refractivity contribution >= 4 is 28.0 Å². The van der Waals surface area contributed by atoms with E-state index in [-0.39, 0.29) is 11.3 Å². The number of methoxy groups -OCH3 is 1. The largest absolute Gasteiger partial charge is 0.478 e. The number of carboxylic acids is 1. The highest BCUT2D eigenvalue weighted by molar-refractivity contribution is 7.91. The average molecular weight is 288 g/mol. The number of amides is 1. The second-order valence-corrected chi connectivity index (χ2v) is 4.92. The molecule has 3 N–H and O–H groups in total. The Morgan fingerprint density at radius 2 is 1.95 bits per heavy atom. The van der Waals surface area contributed by atoms with Gasteiger partial charge < -0.3 is 9.84 Å². The van der Waals surface area contributed by atoms with Crippen LogP contribution >= 0.6 is 0 Å². The number of hydrogen-bond acceptors (Lipinski definition) is 5. The third kappa shape index (κ3) is 3.85. The Labute approximate surface area is 109 Å². The molecule has 19 heavy (non-hydrogen) atoms. The molecule has 104 valence electrons. The molecule has 8 nitrogen and oxygen atoms in total. The molecule has 0 aliphatic heterocycles. The lowest BCUT2D eigenvalue weighted by Crippen LogP contribution is -2.35. The number of nitrogens with one attached hydrogen (secondary N) is 2. The fourth-order valence-corrected chi connectivity index (χ4v) is 2.17. The second-order valence-electron chi connectivity index (χ2n) is 3.50. The van der Waals surface area contributed by atoms with Crippen molar-refractivity contribution in [3.05, 3.63) is 29.3 Å². The van der Waals surface area contributed by atoms with Crippen LogP contribution in [0.3, 0.4) is 0 Å². The van der Waals surface area contributed by atoms with Crippen molar-refractivity contribution in [2.24, 2.45) is 0 Å². The standard InChI is InChI=1S/C10H12N2O6S/c1-6-4-3-5-7(8(6)9(13)14)11-19(16,17)12-10(15)18-2/h3-5,11H,1-2H3,(H,12,15)(H,13,14).